The maximum absolute atomic E-state index is 11.9. The number of anilines is 2. The van der Waals surface area contributed by atoms with E-state index in [0.717, 1.165) is 10.9 Å². The molecule has 0 saturated heterocycles. The normalized spacial score (nSPS) is 10.4. The summed E-state index contributed by atoms with van der Waals surface area (Å²) in [6.45, 7) is 0. The molecule has 3 rings (SSSR count). The number of urea groups is 1. The number of fused-ring (bicyclic) bond motifs is 1. The number of nitrogens with one attached hydrogen (secondary N) is 4. The predicted molar refractivity (Wildman–Crippen MR) is 80.9 cm³/mol. The van der Waals surface area contributed by atoms with Crippen LogP contribution in [-0.4, -0.2) is 34.3 Å². The Kier molecular flexibility index (Phi) is 3.48. The third-order valence-corrected chi connectivity index (χ3v) is 3.09. The molecule has 3 aromatic rings. The van der Waals surface area contributed by atoms with Gasteiger partial charge >= 0.3 is 12.0 Å². The highest BCUT2D eigenvalue weighted by Gasteiger charge is 2.14. The van der Waals surface area contributed by atoms with Crippen molar-refractivity contribution in [3.05, 3.63) is 42.4 Å². The topological polar surface area (TPSA) is 112 Å². The first-order valence-corrected chi connectivity index (χ1v) is 6.43. The number of hydrogen-bond donors (Lipinski definition) is 4. The number of ether oxygens (including phenoxy) is 1. The number of carbonyl (C=O) groups is 2. The van der Waals surface area contributed by atoms with Gasteiger partial charge in [0.15, 0.2) is 0 Å². The van der Waals surface area contributed by atoms with E-state index in [1.54, 1.807) is 30.6 Å². The predicted octanol–water partition coefficient (Wildman–Crippen LogP) is 2.32. The van der Waals surface area contributed by atoms with Crippen molar-refractivity contribution in [2.45, 2.75) is 0 Å². The summed E-state index contributed by atoms with van der Waals surface area (Å²) in [5.41, 5.74) is 2.10. The number of benzene rings is 1. The molecule has 2 aromatic heterocycles. The van der Waals surface area contributed by atoms with E-state index in [1.807, 2.05) is 0 Å². The van der Waals surface area contributed by atoms with Crippen LogP contribution in [0.25, 0.3) is 10.9 Å². The van der Waals surface area contributed by atoms with Crippen molar-refractivity contribution in [2.75, 3.05) is 17.7 Å². The summed E-state index contributed by atoms with van der Waals surface area (Å²) in [5, 5.41) is 12.3. The third-order valence-electron chi connectivity index (χ3n) is 3.09. The Bertz CT molecular complexity index is 822. The average Bonchev–Trinajstić information content (AvgIpc) is 3.16. The average molecular weight is 299 g/mol. The minimum atomic E-state index is -0.469. The molecule has 22 heavy (non-hydrogen) atoms. The maximum atomic E-state index is 11.9. The Morgan fingerprint density at radius 1 is 1.23 bits per heavy atom. The molecule has 0 spiro atoms. The summed E-state index contributed by atoms with van der Waals surface area (Å²) < 4.78 is 4.77. The zero-order valence-electron chi connectivity index (χ0n) is 11.6. The molecule has 8 nitrogen and oxygen atoms in total. The van der Waals surface area contributed by atoms with Crippen LogP contribution in [0.2, 0.25) is 0 Å². The fourth-order valence-corrected chi connectivity index (χ4v) is 2.13. The SMILES string of the molecule is COC(=O)c1cc(NC(=O)Nc2cn[nH]c2)cc2[nH]ccc12. The third kappa shape index (κ3) is 2.62. The second kappa shape index (κ2) is 5.60. The highest BCUT2D eigenvalue weighted by Crippen LogP contribution is 2.24. The van der Waals surface area contributed by atoms with E-state index >= 15 is 0 Å². The quantitative estimate of drug-likeness (QED) is 0.556. The van der Waals surface area contributed by atoms with E-state index in [2.05, 4.69) is 25.8 Å². The Hall–Kier alpha value is -3.29. The number of aromatic nitrogens is 3. The van der Waals surface area contributed by atoms with Gasteiger partial charge in [0.1, 0.15) is 0 Å². The van der Waals surface area contributed by atoms with Crippen LogP contribution in [0.4, 0.5) is 16.2 Å². The van der Waals surface area contributed by atoms with Gasteiger partial charge in [0.25, 0.3) is 0 Å². The first-order valence-electron chi connectivity index (χ1n) is 6.43. The lowest BCUT2D eigenvalue weighted by atomic mass is 10.1. The van der Waals surface area contributed by atoms with Gasteiger partial charge < -0.3 is 20.4 Å². The van der Waals surface area contributed by atoms with Crippen LogP contribution in [-0.2, 0) is 4.74 Å². The molecule has 4 N–H and O–H groups in total. The number of carbonyl (C=O) groups excluding carboxylic acids is 2. The van der Waals surface area contributed by atoms with Crippen molar-refractivity contribution >= 4 is 34.3 Å². The van der Waals surface area contributed by atoms with Crippen LogP contribution in [0.15, 0.2) is 36.8 Å². The van der Waals surface area contributed by atoms with Gasteiger partial charge in [0, 0.05) is 29.0 Å². The molecule has 0 aliphatic rings. The van der Waals surface area contributed by atoms with Crippen molar-refractivity contribution in [3.8, 4) is 0 Å². The smallest absolute Gasteiger partial charge is 0.338 e. The lowest BCUT2D eigenvalue weighted by Crippen LogP contribution is -2.19. The molecule has 112 valence electrons. The fraction of sp³-hybridized carbons (Fsp3) is 0.0714. The van der Waals surface area contributed by atoms with Crippen molar-refractivity contribution in [3.63, 3.8) is 0 Å². The largest absolute Gasteiger partial charge is 0.465 e. The van der Waals surface area contributed by atoms with Crippen LogP contribution in [0.5, 0.6) is 0 Å². The fourth-order valence-electron chi connectivity index (χ4n) is 2.13. The highest BCUT2D eigenvalue weighted by atomic mass is 16.5. The van der Waals surface area contributed by atoms with E-state index in [-0.39, 0.29) is 0 Å². The molecule has 1 aromatic carbocycles. The summed E-state index contributed by atoms with van der Waals surface area (Å²) in [6.07, 6.45) is 4.74. The zero-order valence-corrected chi connectivity index (χ0v) is 11.6. The van der Waals surface area contributed by atoms with Crippen LogP contribution >= 0.6 is 0 Å². The monoisotopic (exact) mass is 299 g/mol. The number of amides is 2. The Labute approximate surface area is 124 Å². The molecule has 0 saturated carbocycles. The lowest BCUT2D eigenvalue weighted by molar-refractivity contribution is 0.0603. The maximum Gasteiger partial charge on any atom is 0.338 e. The molecule has 0 fully saturated rings. The molecule has 8 heteroatoms. The Morgan fingerprint density at radius 3 is 2.77 bits per heavy atom. The molecule has 0 aliphatic carbocycles. The molecule has 0 atom stereocenters. The van der Waals surface area contributed by atoms with Crippen LogP contribution < -0.4 is 10.6 Å². The van der Waals surface area contributed by atoms with Gasteiger partial charge in [-0.05, 0) is 18.2 Å². The molecular weight excluding hydrogens is 286 g/mol. The number of rotatable bonds is 3. The number of H-pyrrole nitrogens is 2. The van der Waals surface area contributed by atoms with Crippen LogP contribution in [0.1, 0.15) is 10.4 Å². The van der Waals surface area contributed by atoms with Gasteiger partial charge in [-0.25, -0.2) is 9.59 Å². The number of aromatic amines is 2. The minimum Gasteiger partial charge on any atom is -0.465 e. The molecular formula is C14H13N5O3. The summed E-state index contributed by atoms with van der Waals surface area (Å²) in [5.74, 6) is -0.469. The molecule has 0 radical (unpaired) electrons. The van der Waals surface area contributed by atoms with Gasteiger partial charge in [0.2, 0.25) is 0 Å². The number of nitrogens with zero attached hydrogens (tertiary/aromatic N) is 1. The number of hydrogen-bond acceptors (Lipinski definition) is 4. The molecule has 0 aliphatic heterocycles. The molecule has 2 amide bonds. The Morgan fingerprint density at radius 2 is 2.05 bits per heavy atom. The standard InChI is InChI=1S/C14H13N5O3/c1-22-13(20)11-4-8(5-12-10(11)2-3-15-12)18-14(21)19-9-6-16-17-7-9/h2-7,15H,1H3,(H,16,17)(H2,18,19,21). The van der Waals surface area contributed by atoms with Crippen LogP contribution in [0.3, 0.4) is 0 Å². The van der Waals surface area contributed by atoms with Gasteiger partial charge in [0.05, 0.1) is 24.6 Å². The van der Waals surface area contributed by atoms with Crippen molar-refractivity contribution in [1.29, 1.82) is 0 Å². The van der Waals surface area contributed by atoms with Gasteiger partial charge in [-0.2, -0.15) is 5.10 Å². The van der Waals surface area contributed by atoms with E-state index in [1.165, 1.54) is 13.3 Å². The highest BCUT2D eigenvalue weighted by molar-refractivity contribution is 6.07. The van der Waals surface area contributed by atoms with Gasteiger partial charge in [-0.3, -0.25) is 5.10 Å². The number of esters is 1. The summed E-state index contributed by atoms with van der Waals surface area (Å²) >= 11 is 0. The summed E-state index contributed by atoms with van der Waals surface area (Å²) in [4.78, 5) is 26.8. The van der Waals surface area contributed by atoms with Crippen LogP contribution in [0, 0.1) is 0 Å². The summed E-state index contributed by atoms with van der Waals surface area (Å²) in [6, 6.07) is 4.63. The van der Waals surface area contributed by atoms with Crippen molar-refractivity contribution < 1.29 is 14.3 Å². The number of methoxy groups -OCH3 is 1. The minimum absolute atomic E-state index is 0.375. The summed E-state index contributed by atoms with van der Waals surface area (Å²) in [7, 11) is 1.31. The first-order chi connectivity index (χ1) is 10.7. The van der Waals surface area contributed by atoms with E-state index < -0.39 is 12.0 Å². The molecule has 0 unspecified atom stereocenters. The lowest BCUT2D eigenvalue weighted by Gasteiger charge is -2.08. The van der Waals surface area contributed by atoms with Crippen molar-refractivity contribution in [1.82, 2.24) is 15.2 Å². The van der Waals surface area contributed by atoms with Gasteiger partial charge in [-0.1, -0.05) is 0 Å². The molecule has 0 bridgehead atoms. The van der Waals surface area contributed by atoms with Gasteiger partial charge in [-0.15, -0.1) is 0 Å². The second-order valence-corrected chi connectivity index (χ2v) is 4.52. The zero-order chi connectivity index (χ0) is 15.5. The first kappa shape index (κ1) is 13.7. The Balaban J connectivity index is 1.87. The van der Waals surface area contributed by atoms with E-state index in [0.29, 0.717) is 16.9 Å². The van der Waals surface area contributed by atoms with E-state index in [4.69, 9.17) is 4.74 Å². The second-order valence-electron chi connectivity index (χ2n) is 4.52. The van der Waals surface area contributed by atoms with E-state index in [9.17, 15) is 9.59 Å². The molecule has 2 heterocycles. The van der Waals surface area contributed by atoms with Crippen molar-refractivity contribution in [2.24, 2.45) is 0 Å².